The van der Waals surface area contributed by atoms with Crippen molar-refractivity contribution in [1.82, 2.24) is 20.1 Å². The average molecular weight is 419 g/mol. The van der Waals surface area contributed by atoms with E-state index in [1.807, 2.05) is 25.1 Å². The summed E-state index contributed by atoms with van der Waals surface area (Å²) in [4.78, 5) is 12.5. The van der Waals surface area contributed by atoms with Gasteiger partial charge in [0.05, 0.1) is 11.8 Å². The van der Waals surface area contributed by atoms with E-state index in [9.17, 15) is 4.79 Å². The van der Waals surface area contributed by atoms with Gasteiger partial charge in [-0.2, -0.15) is 0 Å². The monoisotopic (exact) mass is 418 g/mol. The Kier molecular flexibility index (Phi) is 5.34. The lowest BCUT2D eigenvalue weighted by Gasteiger charge is -2.15. The summed E-state index contributed by atoms with van der Waals surface area (Å²) in [6.07, 6.45) is 4.84. The van der Waals surface area contributed by atoms with E-state index in [1.54, 1.807) is 0 Å². The molecule has 0 bridgehead atoms. The van der Waals surface area contributed by atoms with Crippen LogP contribution in [0.25, 0.3) is 11.1 Å². The van der Waals surface area contributed by atoms with Crippen LogP contribution in [0.15, 0.2) is 59.8 Å². The molecule has 2 fully saturated rings. The molecule has 0 saturated heterocycles. The Morgan fingerprint density at radius 3 is 2.40 bits per heavy atom. The van der Waals surface area contributed by atoms with E-state index in [4.69, 9.17) is 0 Å². The zero-order chi connectivity index (χ0) is 20.5. The highest BCUT2D eigenvalue weighted by Crippen LogP contribution is 2.45. The lowest BCUT2D eigenvalue weighted by molar-refractivity contribution is -0.119. The number of carbonyl (C=O) groups is 1. The van der Waals surface area contributed by atoms with E-state index in [1.165, 1.54) is 48.6 Å². The van der Waals surface area contributed by atoms with Crippen molar-refractivity contribution < 1.29 is 4.79 Å². The molecule has 2 saturated carbocycles. The van der Waals surface area contributed by atoms with Gasteiger partial charge in [-0.15, -0.1) is 10.2 Å². The first kappa shape index (κ1) is 19.4. The number of thioether (sulfide) groups is 1. The van der Waals surface area contributed by atoms with E-state index in [2.05, 4.69) is 56.5 Å². The van der Waals surface area contributed by atoms with Crippen LogP contribution in [0, 0.1) is 0 Å². The molecular weight excluding hydrogens is 392 g/mol. The second kappa shape index (κ2) is 8.26. The first-order chi connectivity index (χ1) is 14.7. The Bertz CT molecular complexity index is 1020. The minimum atomic E-state index is -0.0359. The molecule has 0 radical (unpaired) electrons. The van der Waals surface area contributed by atoms with Crippen LogP contribution >= 0.6 is 11.8 Å². The van der Waals surface area contributed by atoms with Crippen LogP contribution in [0.2, 0.25) is 0 Å². The van der Waals surface area contributed by atoms with Crippen molar-refractivity contribution in [2.45, 2.75) is 55.8 Å². The molecule has 2 aliphatic carbocycles. The maximum absolute atomic E-state index is 12.5. The number of hydrogen-bond donors (Lipinski definition) is 1. The molecule has 1 N–H and O–H groups in total. The van der Waals surface area contributed by atoms with Crippen LogP contribution in [-0.2, 0) is 4.79 Å². The van der Waals surface area contributed by atoms with Crippen molar-refractivity contribution in [1.29, 1.82) is 0 Å². The Labute approximate surface area is 181 Å². The molecule has 0 aliphatic heterocycles. The molecular formula is C24H26N4OS. The van der Waals surface area contributed by atoms with Crippen molar-refractivity contribution in [2.24, 2.45) is 0 Å². The van der Waals surface area contributed by atoms with E-state index >= 15 is 0 Å². The first-order valence-electron chi connectivity index (χ1n) is 10.7. The van der Waals surface area contributed by atoms with E-state index < -0.39 is 0 Å². The number of rotatable bonds is 8. The molecule has 1 atom stereocenters. The molecule has 2 aromatic carbocycles. The van der Waals surface area contributed by atoms with Crippen LogP contribution in [-0.4, -0.2) is 26.4 Å². The summed E-state index contributed by atoms with van der Waals surface area (Å²) in [6, 6.07) is 19.2. The fraction of sp³-hybridized carbons (Fsp3) is 0.375. The Balaban J connectivity index is 1.18. The maximum Gasteiger partial charge on any atom is 0.230 e. The van der Waals surface area contributed by atoms with Gasteiger partial charge >= 0.3 is 0 Å². The lowest BCUT2D eigenvalue weighted by atomic mass is 10.0. The predicted octanol–water partition coefficient (Wildman–Crippen LogP) is 5.13. The van der Waals surface area contributed by atoms with Crippen molar-refractivity contribution in [3.63, 3.8) is 0 Å². The Hall–Kier alpha value is -2.60. The molecule has 1 amide bonds. The first-order valence-corrected chi connectivity index (χ1v) is 11.7. The van der Waals surface area contributed by atoms with Crippen LogP contribution in [0.4, 0.5) is 0 Å². The summed E-state index contributed by atoms with van der Waals surface area (Å²) >= 11 is 1.50. The van der Waals surface area contributed by atoms with E-state index in [0.29, 0.717) is 17.7 Å². The smallest absolute Gasteiger partial charge is 0.230 e. The molecule has 2 aliphatic rings. The topological polar surface area (TPSA) is 59.8 Å². The SMILES string of the molecule is C[C@H](NC(=O)CSc1nnc(C2CC2)n1C1CC1)c1ccc(-c2ccccc2)cc1. The Morgan fingerprint density at radius 2 is 1.73 bits per heavy atom. The molecule has 154 valence electrons. The third-order valence-electron chi connectivity index (χ3n) is 5.77. The summed E-state index contributed by atoms with van der Waals surface area (Å²) < 4.78 is 2.29. The summed E-state index contributed by atoms with van der Waals surface area (Å²) in [6.45, 7) is 2.03. The lowest BCUT2D eigenvalue weighted by Crippen LogP contribution is -2.28. The predicted molar refractivity (Wildman–Crippen MR) is 119 cm³/mol. The van der Waals surface area contributed by atoms with Gasteiger partial charge in [-0.25, -0.2) is 0 Å². The number of benzene rings is 2. The molecule has 6 heteroatoms. The fourth-order valence-electron chi connectivity index (χ4n) is 3.77. The molecule has 0 spiro atoms. The highest BCUT2D eigenvalue weighted by molar-refractivity contribution is 7.99. The van der Waals surface area contributed by atoms with Gasteiger partial charge in [0.25, 0.3) is 0 Å². The number of hydrogen-bond acceptors (Lipinski definition) is 4. The Morgan fingerprint density at radius 1 is 1.03 bits per heavy atom. The third kappa shape index (κ3) is 4.29. The summed E-state index contributed by atoms with van der Waals surface area (Å²) in [5.41, 5.74) is 3.48. The van der Waals surface area contributed by atoms with E-state index in [0.717, 1.165) is 16.5 Å². The maximum atomic E-state index is 12.5. The van der Waals surface area contributed by atoms with Crippen molar-refractivity contribution >= 4 is 17.7 Å². The van der Waals surface area contributed by atoms with Crippen molar-refractivity contribution in [3.05, 3.63) is 66.0 Å². The molecule has 0 unspecified atom stereocenters. The number of amides is 1. The normalized spacial score (nSPS) is 17.0. The van der Waals surface area contributed by atoms with Gasteiger partial charge in [0.1, 0.15) is 5.82 Å². The fourth-order valence-corrected chi connectivity index (χ4v) is 4.60. The van der Waals surface area contributed by atoms with Crippen LogP contribution in [0.3, 0.4) is 0 Å². The average Bonchev–Trinajstić information content (AvgIpc) is 3.72. The quantitative estimate of drug-likeness (QED) is 0.516. The number of nitrogens with one attached hydrogen (secondary N) is 1. The van der Waals surface area contributed by atoms with Gasteiger partial charge in [0.15, 0.2) is 5.16 Å². The number of carbonyl (C=O) groups excluding carboxylic acids is 1. The van der Waals surface area contributed by atoms with E-state index in [-0.39, 0.29) is 11.9 Å². The van der Waals surface area contributed by atoms with Gasteiger partial charge < -0.3 is 9.88 Å². The third-order valence-corrected chi connectivity index (χ3v) is 6.72. The molecule has 1 heterocycles. The molecule has 30 heavy (non-hydrogen) atoms. The second-order valence-corrected chi connectivity index (χ2v) is 9.22. The van der Waals surface area contributed by atoms with Gasteiger partial charge in [0, 0.05) is 12.0 Å². The summed E-state index contributed by atoms with van der Waals surface area (Å²) in [5.74, 6) is 2.10. The summed E-state index contributed by atoms with van der Waals surface area (Å²) in [5, 5.41) is 12.8. The summed E-state index contributed by atoms with van der Waals surface area (Å²) in [7, 11) is 0. The number of aromatic nitrogens is 3. The molecule has 5 nitrogen and oxygen atoms in total. The van der Waals surface area contributed by atoms with Crippen LogP contribution in [0.1, 0.15) is 62.0 Å². The second-order valence-electron chi connectivity index (χ2n) is 8.28. The number of nitrogens with zero attached hydrogens (tertiary/aromatic N) is 3. The standard InChI is InChI=1S/C24H26N4OS/c1-16(17-7-9-19(10-8-17)18-5-3-2-4-6-18)25-22(29)15-30-24-27-26-23(20-11-12-20)28(24)21-13-14-21/h2-10,16,20-21H,11-15H2,1H3,(H,25,29)/t16-/m0/s1. The minimum Gasteiger partial charge on any atom is -0.349 e. The minimum absolute atomic E-state index is 0.0259. The van der Waals surface area contributed by atoms with Gasteiger partial charge in [-0.1, -0.05) is 66.4 Å². The molecule has 3 aromatic rings. The van der Waals surface area contributed by atoms with Crippen molar-refractivity contribution in [3.8, 4) is 11.1 Å². The largest absolute Gasteiger partial charge is 0.349 e. The van der Waals surface area contributed by atoms with Crippen molar-refractivity contribution in [2.75, 3.05) is 5.75 Å². The zero-order valence-corrected chi connectivity index (χ0v) is 17.9. The van der Waals surface area contributed by atoms with Gasteiger partial charge in [0.2, 0.25) is 5.91 Å². The molecule has 5 rings (SSSR count). The van der Waals surface area contributed by atoms with Crippen LogP contribution < -0.4 is 5.32 Å². The molecule has 1 aromatic heterocycles. The highest BCUT2D eigenvalue weighted by Gasteiger charge is 2.36. The highest BCUT2D eigenvalue weighted by atomic mass is 32.2. The van der Waals surface area contributed by atoms with Crippen LogP contribution in [0.5, 0.6) is 0 Å². The zero-order valence-electron chi connectivity index (χ0n) is 17.1. The van der Waals surface area contributed by atoms with Gasteiger partial charge in [-0.05, 0) is 49.3 Å². The van der Waals surface area contributed by atoms with Gasteiger partial charge in [-0.3, -0.25) is 4.79 Å².